The quantitative estimate of drug-likeness (QED) is 0.154. The Morgan fingerprint density at radius 3 is 2.27 bits per heavy atom. The van der Waals surface area contributed by atoms with E-state index in [1.165, 1.54) is 37.0 Å². The predicted octanol–water partition coefficient (Wildman–Crippen LogP) is 6.93. The van der Waals surface area contributed by atoms with Crippen molar-refractivity contribution in [3.05, 3.63) is 88.5 Å². The van der Waals surface area contributed by atoms with Gasteiger partial charge in [0.15, 0.2) is 0 Å². The van der Waals surface area contributed by atoms with E-state index in [4.69, 9.17) is 4.74 Å². The largest absolute Gasteiger partial charge is 0.445 e. The summed E-state index contributed by atoms with van der Waals surface area (Å²) in [6.07, 6.45) is 11.1. The standard InChI is InChI=1S/C36H48N4O5/c1-3-20-38(36(42)45-26-28-14-16-33(17-15-28)40(43)44)31-18-21-37(22-19-31)25-30-23-34(24-35(30)29-10-6-4-7-11-29)39(27(2)41)32-12-8-5-9-13-32/h3-4,6-7,10-11,14-17,30-32,34-35H,1,5,8-9,12-13,18-26H2,2H3/t30-,34?,35-/m1/s1. The molecule has 0 bridgehead atoms. The predicted molar refractivity (Wildman–Crippen MR) is 175 cm³/mol. The fourth-order valence-electron chi connectivity index (χ4n) is 8.00. The molecule has 3 atom stereocenters. The molecule has 45 heavy (non-hydrogen) atoms. The summed E-state index contributed by atoms with van der Waals surface area (Å²) in [5.41, 5.74) is 2.09. The zero-order valence-corrected chi connectivity index (χ0v) is 26.6. The van der Waals surface area contributed by atoms with Crippen molar-refractivity contribution in [2.45, 2.75) is 95.4 Å². The first-order chi connectivity index (χ1) is 21.8. The van der Waals surface area contributed by atoms with Gasteiger partial charge in [-0.05, 0) is 73.6 Å². The second-order valence-corrected chi connectivity index (χ2v) is 13.1. The van der Waals surface area contributed by atoms with Crippen LogP contribution in [0.3, 0.4) is 0 Å². The van der Waals surface area contributed by atoms with Crippen molar-refractivity contribution in [3.63, 3.8) is 0 Å². The number of carbonyl (C=O) groups excluding carboxylic acids is 2. The highest BCUT2D eigenvalue weighted by Gasteiger charge is 2.42. The first kappa shape index (κ1) is 32.7. The minimum atomic E-state index is -0.445. The van der Waals surface area contributed by atoms with E-state index in [9.17, 15) is 19.7 Å². The van der Waals surface area contributed by atoms with E-state index in [-0.39, 0.29) is 36.4 Å². The molecule has 9 heteroatoms. The number of non-ortho nitro benzene ring substituents is 1. The summed E-state index contributed by atoms with van der Waals surface area (Å²) in [4.78, 5) is 43.2. The highest BCUT2D eigenvalue weighted by atomic mass is 16.6. The number of ether oxygens (including phenoxy) is 1. The normalized spacial score (nSPS) is 22.9. The van der Waals surface area contributed by atoms with Crippen LogP contribution >= 0.6 is 0 Å². The van der Waals surface area contributed by atoms with E-state index in [1.54, 1.807) is 30.0 Å². The molecule has 1 heterocycles. The lowest BCUT2D eigenvalue weighted by molar-refractivity contribution is -0.384. The maximum Gasteiger partial charge on any atom is 0.410 e. The molecule has 242 valence electrons. The summed E-state index contributed by atoms with van der Waals surface area (Å²) in [5, 5.41) is 10.9. The smallest absolute Gasteiger partial charge is 0.410 e. The Balaban J connectivity index is 1.19. The lowest BCUT2D eigenvalue weighted by Crippen LogP contribution is -2.48. The molecule has 5 rings (SSSR count). The number of hydrogen-bond donors (Lipinski definition) is 0. The molecule has 2 aromatic rings. The van der Waals surface area contributed by atoms with E-state index in [0.717, 1.165) is 58.2 Å². The van der Waals surface area contributed by atoms with Gasteiger partial charge in [0.05, 0.1) is 4.92 Å². The SMILES string of the molecule is C=CCN(C(=O)OCc1ccc([N+](=O)[O-])cc1)C1CCN(C[C@H]2CC(N(C(C)=O)C3CCCCC3)C[C@@H]2c2ccccc2)CC1. The molecule has 0 aromatic heterocycles. The van der Waals surface area contributed by atoms with Gasteiger partial charge in [0.1, 0.15) is 6.61 Å². The third-order valence-electron chi connectivity index (χ3n) is 10.2. The van der Waals surface area contributed by atoms with Crippen LogP contribution in [0.4, 0.5) is 10.5 Å². The van der Waals surface area contributed by atoms with Gasteiger partial charge in [0.2, 0.25) is 5.91 Å². The second kappa shape index (κ2) is 15.5. The molecule has 0 N–H and O–H groups in total. The number of benzene rings is 2. The Morgan fingerprint density at radius 2 is 1.64 bits per heavy atom. The van der Waals surface area contributed by atoms with Gasteiger partial charge >= 0.3 is 6.09 Å². The van der Waals surface area contributed by atoms with Gasteiger partial charge < -0.3 is 19.4 Å². The molecule has 1 saturated heterocycles. The molecule has 1 unspecified atom stereocenters. The van der Waals surface area contributed by atoms with Crippen molar-refractivity contribution in [3.8, 4) is 0 Å². The van der Waals surface area contributed by atoms with Crippen molar-refractivity contribution >= 4 is 17.7 Å². The first-order valence-electron chi connectivity index (χ1n) is 16.7. The molecular formula is C36H48N4O5. The number of carbonyl (C=O) groups is 2. The Kier molecular flexibility index (Phi) is 11.3. The second-order valence-electron chi connectivity index (χ2n) is 13.1. The van der Waals surface area contributed by atoms with Crippen LogP contribution in [0.25, 0.3) is 0 Å². The van der Waals surface area contributed by atoms with Crippen molar-refractivity contribution < 1.29 is 19.2 Å². The van der Waals surface area contributed by atoms with Crippen LogP contribution in [0.15, 0.2) is 67.3 Å². The number of rotatable bonds is 11. The Hall–Kier alpha value is -3.72. The average Bonchev–Trinajstić information content (AvgIpc) is 3.46. The first-order valence-corrected chi connectivity index (χ1v) is 16.7. The number of likely N-dealkylation sites (tertiary alicyclic amines) is 1. The maximum atomic E-state index is 13.1. The van der Waals surface area contributed by atoms with Crippen molar-refractivity contribution in [1.29, 1.82) is 0 Å². The summed E-state index contributed by atoms with van der Waals surface area (Å²) in [6, 6.07) is 17.6. The minimum absolute atomic E-state index is 0.00809. The Bertz CT molecular complexity index is 1290. The number of nitrogens with zero attached hydrogens (tertiary/aromatic N) is 4. The molecule has 0 spiro atoms. The van der Waals surface area contributed by atoms with Gasteiger partial charge in [0.25, 0.3) is 5.69 Å². The molecule has 2 amide bonds. The van der Waals surface area contributed by atoms with E-state index in [0.29, 0.717) is 30.0 Å². The molecule has 3 fully saturated rings. The molecule has 9 nitrogen and oxygen atoms in total. The highest BCUT2D eigenvalue weighted by Crippen LogP contribution is 2.44. The van der Waals surface area contributed by atoms with Crippen molar-refractivity contribution in [2.24, 2.45) is 5.92 Å². The zero-order valence-electron chi connectivity index (χ0n) is 26.6. The van der Waals surface area contributed by atoms with E-state index >= 15 is 0 Å². The summed E-state index contributed by atoms with van der Waals surface area (Å²) in [6.45, 7) is 8.88. The number of amides is 2. The topological polar surface area (TPSA) is 96.2 Å². The van der Waals surface area contributed by atoms with E-state index in [1.807, 2.05) is 0 Å². The van der Waals surface area contributed by atoms with Gasteiger partial charge in [-0.25, -0.2) is 4.79 Å². The van der Waals surface area contributed by atoms with Crippen molar-refractivity contribution in [1.82, 2.24) is 14.7 Å². The number of nitro benzene ring substituents is 1. The van der Waals surface area contributed by atoms with Crippen LogP contribution in [-0.2, 0) is 16.1 Å². The Labute approximate surface area is 267 Å². The van der Waals surface area contributed by atoms with Crippen LogP contribution in [0, 0.1) is 16.0 Å². The monoisotopic (exact) mass is 616 g/mol. The molecule has 0 radical (unpaired) electrons. The third kappa shape index (κ3) is 8.31. The molecule has 2 saturated carbocycles. The van der Waals surface area contributed by atoms with Gasteiger partial charge in [0, 0.05) is 63.4 Å². The molecule has 2 aliphatic carbocycles. The lowest BCUT2D eigenvalue weighted by atomic mass is 9.88. The Morgan fingerprint density at radius 1 is 0.956 bits per heavy atom. The fraction of sp³-hybridized carbons (Fsp3) is 0.556. The van der Waals surface area contributed by atoms with Gasteiger partial charge in [-0.15, -0.1) is 6.58 Å². The van der Waals surface area contributed by atoms with Crippen LogP contribution in [0.1, 0.15) is 81.8 Å². The van der Waals surface area contributed by atoms with Gasteiger partial charge in [-0.3, -0.25) is 14.9 Å². The van der Waals surface area contributed by atoms with Crippen LogP contribution in [-0.4, -0.2) is 75.9 Å². The summed E-state index contributed by atoms with van der Waals surface area (Å²) >= 11 is 0. The number of nitro groups is 1. The van der Waals surface area contributed by atoms with Gasteiger partial charge in [-0.1, -0.05) is 55.7 Å². The lowest BCUT2D eigenvalue weighted by Gasteiger charge is -2.39. The average molecular weight is 617 g/mol. The summed E-state index contributed by atoms with van der Waals surface area (Å²) < 4.78 is 5.62. The van der Waals surface area contributed by atoms with Crippen molar-refractivity contribution in [2.75, 3.05) is 26.2 Å². The van der Waals surface area contributed by atoms with Crippen LogP contribution in [0.2, 0.25) is 0 Å². The molecule has 3 aliphatic rings. The maximum absolute atomic E-state index is 13.1. The zero-order chi connectivity index (χ0) is 31.8. The van der Waals surface area contributed by atoms with E-state index < -0.39 is 4.92 Å². The third-order valence-corrected chi connectivity index (χ3v) is 10.2. The summed E-state index contributed by atoms with van der Waals surface area (Å²) in [7, 11) is 0. The summed E-state index contributed by atoms with van der Waals surface area (Å²) in [5.74, 6) is 1.12. The fourth-order valence-corrected chi connectivity index (χ4v) is 8.00. The number of hydrogen-bond acceptors (Lipinski definition) is 6. The van der Waals surface area contributed by atoms with Crippen LogP contribution in [0.5, 0.6) is 0 Å². The van der Waals surface area contributed by atoms with E-state index in [2.05, 4.69) is 46.7 Å². The van der Waals surface area contributed by atoms with Gasteiger partial charge in [-0.2, -0.15) is 0 Å². The number of piperidine rings is 1. The highest BCUT2D eigenvalue weighted by molar-refractivity contribution is 5.74. The molecular weight excluding hydrogens is 568 g/mol. The van der Waals surface area contributed by atoms with Crippen LogP contribution < -0.4 is 0 Å². The minimum Gasteiger partial charge on any atom is -0.445 e. The molecule has 1 aliphatic heterocycles. The molecule has 2 aromatic carbocycles.